The van der Waals surface area contributed by atoms with Gasteiger partial charge in [-0.3, -0.25) is 9.59 Å². The number of tetrazole rings is 1. The smallest absolute Gasteiger partial charge is 0.311 e. The number of nitrogens with one attached hydrogen (secondary N) is 2. The molecule has 1 saturated carbocycles. The molecule has 0 bridgehead atoms. The minimum Gasteiger partial charge on any atom is -0.481 e. The Morgan fingerprint density at radius 2 is 2.27 bits per heavy atom. The molecule has 15 heavy (non-hydrogen) atoms. The number of carbonyl (C=O) groups excluding carboxylic acids is 1. The second-order valence-electron chi connectivity index (χ2n) is 3.50. The summed E-state index contributed by atoms with van der Waals surface area (Å²) in [6, 6.07) is 0. The van der Waals surface area contributed by atoms with E-state index < -0.39 is 17.3 Å². The fourth-order valence-corrected chi connectivity index (χ4v) is 1.20. The van der Waals surface area contributed by atoms with E-state index in [4.69, 9.17) is 5.11 Å². The van der Waals surface area contributed by atoms with Gasteiger partial charge in [-0.05, 0) is 18.1 Å². The van der Waals surface area contributed by atoms with Gasteiger partial charge in [0, 0.05) is 6.54 Å². The maximum atomic E-state index is 11.3. The lowest BCUT2D eigenvalue weighted by Crippen LogP contribution is -2.34. The number of hydrogen-bond donors (Lipinski definition) is 3. The molecule has 1 aromatic heterocycles. The largest absolute Gasteiger partial charge is 0.481 e. The van der Waals surface area contributed by atoms with Crippen molar-refractivity contribution < 1.29 is 14.7 Å². The minimum atomic E-state index is -0.879. The topological polar surface area (TPSA) is 121 Å². The molecule has 1 fully saturated rings. The molecule has 3 N–H and O–H groups in total. The highest BCUT2D eigenvalue weighted by molar-refractivity contribution is 5.90. The molecule has 1 amide bonds. The Hall–Kier alpha value is -1.99. The van der Waals surface area contributed by atoms with Gasteiger partial charge in [0.15, 0.2) is 0 Å². The second kappa shape index (κ2) is 3.30. The second-order valence-corrected chi connectivity index (χ2v) is 3.50. The number of aromatic amines is 1. The van der Waals surface area contributed by atoms with E-state index in [2.05, 4.69) is 25.9 Å². The molecule has 80 valence electrons. The van der Waals surface area contributed by atoms with E-state index in [9.17, 15) is 9.59 Å². The van der Waals surface area contributed by atoms with Crippen molar-refractivity contribution in [3.63, 3.8) is 0 Å². The number of carboxylic acid groups (broad SMARTS) is 1. The van der Waals surface area contributed by atoms with E-state index in [-0.39, 0.29) is 12.4 Å². The van der Waals surface area contributed by atoms with Crippen molar-refractivity contribution in [1.29, 1.82) is 0 Å². The maximum Gasteiger partial charge on any atom is 0.311 e. The lowest BCUT2D eigenvalue weighted by Gasteiger charge is -2.09. The van der Waals surface area contributed by atoms with Gasteiger partial charge in [-0.2, -0.15) is 5.21 Å². The van der Waals surface area contributed by atoms with Crippen molar-refractivity contribution in [2.75, 3.05) is 6.54 Å². The maximum absolute atomic E-state index is 11.3. The standard InChI is InChI=1S/C7H9N5O3/c13-5(4-9-11-12-10-4)8-3-7(1-2-7)6(14)15/h1-3H2,(H,8,13)(H,14,15)(H,9,10,11,12). The summed E-state index contributed by atoms with van der Waals surface area (Å²) in [6.07, 6.45) is 1.18. The number of rotatable bonds is 4. The van der Waals surface area contributed by atoms with Crippen LogP contribution >= 0.6 is 0 Å². The highest BCUT2D eigenvalue weighted by Crippen LogP contribution is 2.45. The summed E-state index contributed by atoms with van der Waals surface area (Å²) in [5.41, 5.74) is -0.778. The van der Waals surface area contributed by atoms with E-state index in [1.54, 1.807) is 0 Å². The predicted molar refractivity (Wildman–Crippen MR) is 45.8 cm³/mol. The molecule has 0 atom stereocenters. The predicted octanol–water partition coefficient (Wildman–Crippen LogP) is -1.21. The number of hydrogen-bond acceptors (Lipinski definition) is 5. The first-order valence-electron chi connectivity index (χ1n) is 4.39. The number of nitrogens with zero attached hydrogens (tertiary/aromatic N) is 3. The van der Waals surface area contributed by atoms with E-state index in [1.807, 2.05) is 0 Å². The van der Waals surface area contributed by atoms with Crippen LogP contribution in [0.15, 0.2) is 0 Å². The summed E-state index contributed by atoms with van der Waals surface area (Å²) in [7, 11) is 0. The van der Waals surface area contributed by atoms with Gasteiger partial charge in [0.2, 0.25) is 0 Å². The van der Waals surface area contributed by atoms with Crippen LogP contribution in [0.1, 0.15) is 23.5 Å². The Bertz CT molecular complexity index is 383. The Morgan fingerprint density at radius 1 is 1.53 bits per heavy atom. The first kappa shape index (κ1) is 9.56. The van der Waals surface area contributed by atoms with Gasteiger partial charge in [0.1, 0.15) is 0 Å². The average molecular weight is 211 g/mol. The molecule has 1 aliphatic rings. The molecule has 1 aliphatic carbocycles. The summed E-state index contributed by atoms with van der Waals surface area (Å²) in [5, 5.41) is 23.6. The highest BCUT2D eigenvalue weighted by atomic mass is 16.4. The Kier molecular flexibility index (Phi) is 2.10. The molecule has 8 nitrogen and oxygen atoms in total. The van der Waals surface area contributed by atoms with Gasteiger partial charge in [-0.25, -0.2) is 0 Å². The molecule has 0 saturated heterocycles. The number of carbonyl (C=O) groups is 2. The van der Waals surface area contributed by atoms with Gasteiger partial charge in [-0.1, -0.05) is 0 Å². The first-order valence-corrected chi connectivity index (χ1v) is 4.39. The van der Waals surface area contributed by atoms with Crippen molar-refractivity contribution in [2.24, 2.45) is 5.41 Å². The van der Waals surface area contributed by atoms with Crippen LogP contribution in [0.2, 0.25) is 0 Å². The quantitative estimate of drug-likeness (QED) is 0.574. The Morgan fingerprint density at radius 3 is 2.73 bits per heavy atom. The molecule has 1 aromatic rings. The van der Waals surface area contributed by atoms with Gasteiger partial charge < -0.3 is 10.4 Å². The number of amides is 1. The lowest BCUT2D eigenvalue weighted by atomic mass is 10.1. The lowest BCUT2D eigenvalue weighted by molar-refractivity contribution is -0.143. The number of H-pyrrole nitrogens is 1. The molecule has 0 unspecified atom stereocenters. The minimum absolute atomic E-state index is 0.0869. The normalized spacial score (nSPS) is 17.1. The highest BCUT2D eigenvalue weighted by Gasteiger charge is 2.50. The van der Waals surface area contributed by atoms with Gasteiger partial charge in [0.25, 0.3) is 11.7 Å². The molecule has 8 heteroatoms. The summed E-state index contributed by atoms with van der Waals surface area (Å²) in [5.74, 6) is -1.48. The van der Waals surface area contributed by atoms with Crippen LogP contribution in [-0.4, -0.2) is 44.2 Å². The summed E-state index contributed by atoms with van der Waals surface area (Å²) >= 11 is 0. The van der Waals surface area contributed by atoms with Crippen LogP contribution in [0.4, 0.5) is 0 Å². The van der Waals surface area contributed by atoms with Crippen LogP contribution in [0.5, 0.6) is 0 Å². The first-order chi connectivity index (χ1) is 7.14. The van der Waals surface area contributed by atoms with E-state index >= 15 is 0 Å². The molecule has 1 heterocycles. The monoisotopic (exact) mass is 211 g/mol. The van der Waals surface area contributed by atoms with E-state index in [0.717, 1.165) is 0 Å². The van der Waals surface area contributed by atoms with Gasteiger partial charge in [0.05, 0.1) is 5.41 Å². The van der Waals surface area contributed by atoms with Crippen molar-refractivity contribution in [3.05, 3.63) is 5.82 Å². The summed E-state index contributed by atoms with van der Waals surface area (Å²) < 4.78 is 0. The molecular weight excluding hydrogens is 202 g/mol. The SMILES string of the molecule is O=C(NCC1(C(=O)O)CC1)c1nn[nH]n1. The van der Waals surface area contributed by atoms with Crippen LogP contribution in [0.3, 0.4) is 0 Å². The third-order valence-electron chi connectivity index (χ3n) is 2.44. The Labute approximate surface area is 84.1 Å². The third-order valence-corrected chi connectivity index (χ3v) is 2.44. The molecule has 0 aromatic carbocycles. The average Bonchev–Trinajstić information content (AvgIpc) is 2.80. The zero-order chi connectivity index (χ0) is 10.9. The van der Waals surface area contributed by atoms with Gasteiger partial charge in [-0.15, -0.1) is 10.2 Å². The molecular formula is C7H9N5O3. The summed E-state index contributed by atoms with van der Waals surface area (Å²) in [6.45, 7) is 0.107. The van der Waals surface area contributed by atoms with Crippen LogP contribution in [0, 0.1) is 5.41 Å². The van der Waals surface area contributed by atoms with E-state index in [0.29, 0.717) is 12.8 Å². The zero-order valence-electron chi connectivity index (χ0n) is 7.73. The Balaban J connectivity index is 1.89. The van der Waals surface area contributed by atoms with Crippen LogP contribution in [-0.2, 0) is 4.79 Å². The van der Waals surface area contributed by atoms with Crippen molar-refractivity contribution in [2.45, 2.75) is 12.8 Å². The molecule has 0 radical (unpaired) electrons. The third kappa shape index (κ3) is 1.78. The molecule has 2 rings (SSSR count). The molecule has 0 aliphatic heterocycles. The number of aromatic nitrogens is 4. The van der Waals surface area contributed by atoms with Crippen molar-refractivity contribution >= 4 is 11.9 Å². The van der Waals surface area contributed by atoms with Gasteiger partial charge >= 0.3 is 5.97 Å². The fraction of sp³-hybridized carbons (Fsp3) is 0.571. The fourth-order valence-electron chi connectivity index (χ4n) is 1.20. The number of aliphatic carboxylic acids is 1. The number of carboxylic acids is 1. The summed E-state index contributed by atoms with van der Waals surface area (Å²) in [4.78, 5) is 22.1. The van der Waals surface area contributed by atoms with Crippen LogP contribution in [0.25, 0.3) is 0 Å². The van der Waals surface area contributed by atoms with Crippen molar-refractivity contribution in [1.82, 2.24) is 25.9 Å². The molecule has 0 spiro atoms. The van der Waals surface area contributed by atoms with Crippen molar-refractivity contribution in [3.8, 4) is 0 Å². The van der Waals surface area contributed by atoms with E-state index in [1.165, 1.54) is 0 Å². The zero-order valence-corrected chi connectivity index (χ0v) is 7.73. The van der Waals surface area contributed by atoms with Crippen LogP contribution < -0.4 is 5.32 Å².